The van der Waals surface area contributed by atoms with Gasteiger partial charge in [0.15, 0.2) is 11.0 Å². The maximum absolute atomic E-state index is 12.2. The minimum atomic E-state index is -0.223. The Balaban J connectivity index is 1.86. The molecule has 0 aliphatic rings. The van der Waals surface area contributed by atoms with Gasteiger partial charge in [-0.15, -0.1) is 10.2 Å². The number of nitrogens with one attached hydrogen (secondary N) is 1. The lowest BCUT2D eigenvalue weighted by atomic mass is 10.2. The van der Waals surface area contributed by atoms with Crippen molar-refractivity contribution in [3.05, 3.63) is 71.5 Å². The summed E-state index contributed by atoms with van der Waals surface area (Å²) in [6.07, 6.45) is 2.43. The van der Waals surface area contributed by atoms with Crippen LogP contribution in [0.3, 0.4) is 0 Å². The van der Waals surface area contributed by atoms with Crippen LogP contribution in [0.4, 0.5) is 0 Å². The molecule has 1 unspecified atom stereocenters. The smallest absolute Gasteiger partial charge is 0.220 e. The highest BCUT2D eigenvalue weighted by Crippen LogP contribution is 2.27. The van der Waals surface area contributed by atoms with Crippen molar-refractivity contribution < 1.29 is 4.79 Å². The van der Waals surface area contributed by atoms with Gasteiger partial charge < -0.3 is 5.32 Å². The quantitative estimate of drug-likeness (QED) is 0.492. The number of aryl methyl sites for hydroxylation is 1. The second-order valence-electron chi connectivity index (χ2n) is 7.18. The molecule has 29 heavy (non-hydrogen) atoms. The lowest BCUT2D eigenvalue weighted by Gasteiger charge is -2.16. The van der Waals surface area contributed by atoms with E-state index in [4.69, 9.17) is 0 Å². The van der Waals surface area contributed by atoms with Gasteiger partial charge in [0.1, 0.15) is 0 Å². The fourth-order valence-electron chi connectivity index (χ4n) is 3.03. The van der Waals surface area contributed by atoms with Crippen LogP contribution >= 0.6 is 11.8 Å². The number of nitrogens with zero attached hydrogens (tertiary/aromatic N) is 3. The number of rotatable bonds is 9. The number of benzene rings is 2. The number of carbonyl (C=O) groups is 1. The topological polar surface area (TPSA) is 59.8 Å². The van der Waals surface area contributed by atoms with Gasteiger partial charge in [-0.2, -0.15) is 0 Å². The van der Waals surface area contributed by atoms with E-state index in [0.29, 0.717) is 6.42 Å². The summed E-state index contributed by atoms with van der Waals surface area (Å²) in [4.78, 5) is 12.2. The number of amides is 1. The lowest BCUT2D eigenvalue weighted by Crippen LogP contribution is -2.28. The first-order valence-corrected chi connectivity index (χ1v) is 11.1. The summed E-state index contributed by atoms with van der Waals surface area (Å²) >= 11 is 1.65. The van der Waals surface area contributed by atoms with Crippen LogP contribution in [-0.2, 0) is 10.5 Å². The van der Waals surface area contributed by atoms with Gasteiger partial charge in [0.05, 0.1) is 6.04 Å². The average Bonchev–Trinajstić information content (AvgIpc) is 3.16. The first kappa shape index (κ1) is 21.1. The molecule has 3 rings (SSSR count). The molecule has 0 fully saturated rings. The molecular weight excluding hydrogens is 380 g/mol. The molecule has 3 aromatic rings. The summed E-state index contributed by atoms with van der Waals surface area (Å²) in [5.41, 5.74) is 3.43. The van der Waals surface area contributed by atoms with E-state index < -0.39 is 0 Å². The summed E-state index contributed by atoms with van der Waals surface area (Å²) in [7, 11) is 0. The van der Waals surface area contributed by atoms with Crippen molar-refractivity contribution in [2.45, 2.75) is 57.0 Å². The van der Waals surface area contributed by atoms with Gasteiger partial charge in [-0.05, 0) is 38.0 Å². The number of aromatic nitrogens is 3. The summed E-state index contributed by atoms with van der Waals surface area (Å²) < 4.78 is 2.05. The zero-order valence-corrected chi connectivity index (χ0v) is 18.1. The third-order valence-electron chi connectivity index (χ3n) is 4.68. The Morgan fingerprint density at radius 2 is 1.83 bits per heavy atom. The first-order valence-electron chi connectivity index (χ1n) is 10.1. The number of unbranched alkanes of at least 4 members (excludes halogenated alkanes) is 1. The van der Waals surface area contributed by atoms with Gasteiger partial charge in [0.25, 0.3) is 0 Å². The van der Waals surface area contributed by atoms with E-state index in [9.17, 15) is 4.79 Å². The van der Waals surface area contributed by atoms with Crippen LogP contribution in [0.2, 0.25) is 0 Å². The van der Waals surface area contributed by atoms with E-state index in [1.54, 1.807) is 11.8 Å². The Labute approximate surface area is 176 Å². The maximum Gasteiger partial charge on any atom is 0.220 e. The highest BCUT2D eigenvalue weighted by molar-refractivity contribution is 7.98. The van der Waals surface area contributed by atoms with Crippen molar-refractivity contribution in [1.29, 1.82) is 0 Å². The van der Waals surface area contributed by atoms with Crippen molar-refractivity contribution in [2.24, 2.45) is 0 Å². The minimum Gasteiger partial charge on any atom is -0.346 e. The van der Waals surface area contributed by atoms with E-state index >= 15 is 0 Å². The maximum atomic E-state index is 12.2. The summed E-state index contributed by atoms with van der Waals surface area (Å²) in [6.45, 7) is 6.11. The number of hydrogen-bond acceptors (Lipinski definition) is 4. The zero-order valence-electron chi connectivity index (χ0n) is 17.3. The highest BCUT2D eigenvalue weighted by Gasteiger charge is 2.21. The molecule has 0 aliphatic carbocycles. The van der Waals surface area contributed by atoms with E-state index in [1.807, 2.05) is 25.1 Å². The monoisotopic (exact) mass is 408 g/mol. The predicted octanol–water partition coefficient (Wildman–Crippen LogP) is 5.24. The van der Waals surface area contributed by atoms with Gasteiger partial charge in [0.2, 0.25) is 5.91 Å². The van der Waals surface area contributed by atoms with E-state index in [2.05, 4.69) is 70.3 Å². The van der Waals surface area contributed by atoms with Crippen molar-refractivity contribution >= 4 is 17.7 Å². The van der Waals surface area contributed by atoms with Gasteiger partial charge in [-0.25, -0.2) is 0 Å². The molecule has 1 amide bonds. The molecule has 0 saturated heterocycles. The lowest BCUT2D eigenvalue weighted by molar-refractivity contribution is -0.121. The Kier molecular flexibility index (Phi) is 7.47. The number of thioether (sulfide) groups is 1. The molecule has 1 atom stereocenters. The van der Waals surface area contributed by atoms with Crippen molar-refractivity contribution in [2.75, 3.05) is 0 Å². The first-order chi connectivity index (χ1) is 14.1. The summed E-state index contributed by atoms with van der Waals surface area (Å²) in [5, 5.41) is 12.8. The third kappa shape index (κ3) is 5.70. The number of hydrogen-bond donors (Lipinski definition) is 1. The summed E-state index contributed by atoms with van der Waals surface area (Å²) in [5.74, 6) is 1.60. The Hall–Kier alpha value is -2.60. The van der Waals surface area contributed by atoms with Crippen LogP contribution in [0.5, 0.6) is 0 Å². The fraction of sp³-hybridized carbons (Fsp3) is 0.348. The molecule has 1 heterocycles. The molecule has 152 valence electrons. The van der Waals surface area contributed by atoms with E-state index in [0.717, 1.165) is 35.3 Å². The Bertz CT molecular complexity index is 922. The molecule has 0 saturated carbocycles. The number of carbonyl (C=O) groups excluding carboxylic acids is 1. The van der Waals surface area contributed by atoms with Crippen LogP contribution in [0.1, 0.15) is 56.1 Å². The highest BCUT2D eigenvalue weighted by atomic mass is 32.2. The summed E-state index contributed by atoms with van der Waals surface area (Å²) in [6, 6.07) is 18.4. The molecule has 1 aromatic heterocycles. The molecule has 6 heteroatoms. The molecule has 2 aromatic carbocycles. The third-order valence-corrected chi connectivity index (χ3v) is 5.68. The van der Waals surface area contributed by atoms with Crippen molar-refractivity contribution in [3.63, 3.8) is 0 Å². The second kappa shape index (κ2) is 10.3. The molecule has 1 N–H and O–H groups in total. The molecular formula is C23H28N4OS. The Morgan fingerprint density at radius 1 is 1.10 bits per heavy atom. The SMILES string of the molecule is CCCCC(=O)NC(C)c1nnc(SCc2ccccc2)n1-c1ccc(C)cc1. The van der Waals surface area contributed by atoms with Gasteiger partial charge in [-0.1, -0.05) is 73.1 Å². The normalized spacial score (nSPS) is 12.0. The largest absolute Gasteiger partial charge is 0.346 e. The van der Waals surface area contributed by atoms with E-state index in [1.165, 1.54) is 11.1 Å². The molecule has 0 spiro atoms. The van der Waals surface area contributed by atoms with Crippen LogP contribution in [0, 0.1) is 6.92 Å². The van der Waals surface area contributed by atoms with Gasteiger partial charge in [-0.3, -0.25) is 9.36 Å². The fourth-order valence-corrected chi connectivity index (χ4v) is 3.94. The van der Waals surface area contributed by atoms with Gasteiger partial charge >= 0.3 is 0 Å². The van der Waals surface area contributed by atoms with Crippen molar-refractivity contribution in [3.8, 4) is 5.69 Å². The van der Waals surface area contributed by atoms with Crippen LogP contribution < -0.4 is 5.32 Å². The molecule has 0 aliphatic heterocycles. The molecule has 5 nitrogen and oxygen atoms in total. The Morgan fingerprint density at radius 3 is 2.52 bits per heavy atom. The second-order valence-corrected chi connectivity index (χ2v) is 8.12. The van der Waals surface area contributed by atoms with Crippen LogP contribution in [-0.4, -0.2) is 20.7 Å². The average molecular weight is 409 g/mol. The van der Waals surface area contributed by atoms with Gasteiger partial charge in [0, 0.05) is 17.9 Å². The predicted molar refractivity (Wildman–Crippen MR) is 118 cm³/mol. The zero-order chi connectivity index (χ0) is 20.6. The van der Waals surface area contributed by atoms with E-state index in [-0.39, 0.29) is 11.9 Å². The molecule has 0 bridgehead atoms. The minimum absolute atomic E-state index is 0.0521. The van der Waals surface area contributed by atoms with Crippen LogP contribution in [0.25, 0.3) is 5.69 Å². The van der Waals surface area contributed by atoms with Crippen molar-refractivity contribution in [1.82, 2.24) is 20.1 Å². The molecule has 0 radical (unpaired) electrons. The standard InChI is InChI=1S/C23H28N4OS/c1-4-5-11-21(28)24-18(3)22-25-26-23(29-16-19-9-7-6-8-10-19)27(22)20-14-12-17(2)13-15-20/h6-10,12-15,18H,4-5,11,16H2,1-3H3,(H,24,28). The van der Waals surface area contributed by atoms with Crippen LogP contribution in [0.15, 0.2) is 59.8 Å².